The van der Waals surface area contributed by atoms with Crippen molar-refractivity contribution in [1.82, 2.24) is 0 Å². The van der Waals surface area contributed by atoms with Crippen molar-refractivity contribution in [3.05, 3.63) is 63.1 Å². The molecule has 0 fully saturated rings. The lowest BCUT2D eigenvalue weighted by molar-refractivity contribution is 0.409. The van der Waals surface area contributed by atoms with Crippen molar-refractivity contribution >= 4 is 43.5 Å². The second-order valence-electron chi connectivity index (χ2n) is 4.19. The minimum absolute atomic E-state index is 0.189. The molecule has 0 aliphatic heterocycles. The average molecular weight is 405 g/mol. The van der Waals surface area contributed by atoms with Gasteiger partial charge in [-0.1, -0.05) is 61.7 Å². The number of ether oxygens (including phenoxy) is 1. The zero-order valence-electron chi connectivity index (χ0n) is 10.4. The van der Waals surface area contributed by atoms with E-state index in [1.807, 2.05) is 30.3 Å². The molecule has 2 rings (SSSR count). The van der Waals surface area contributed by atoms with Crippen molar-refractivity contribution in [2.75, 3.05) is 7.11 Å². The Morgan fingerprint density at radius 2 is 2.00 bits per heavy atom. The highest BCUT2D eigenvalue weighted by Gasteiger charge is 2.14. The first-order valence-corrected chi connectivity index (χ1v) is 7.91. The number of hydrogen-bond donors (Lipinski definition) is 0. The Kier molecular flexibility index (Phi) is 5.31. The fraction of sp³-hybridized carbons (Fsp3) is 0.200. The van der Waals surface area contributed by atoms with Gasteiger partial charge in [-0.05, 0) is 36.2 Å². The maximum absolute atomic E-state index is 6.01. The van der Waals surface area contributed by atoms with E-state index in [9.17, 15) is 0 Å². The number of benzene rings is 2. The molecule has 1 nitrogen and oxygen atoms in total. The second kappa shape index (κ2) is 6.78. The number of methoxy groups -OCH3 is 1. The van der Waals surface area contributed by atoms with E-state index in [1.165, 1.54) is 5.56 Å². The molecule has 1 atom stereocenters. The summed E-state index contributed by atoms with van der Waals surface area (Å²) in [5, 5.41) is 0.764. The predicted molar refractivity (Wildman–Crippen MR) is 87.5 cm³/mol. The van der Waals surface area contributed by atoms with E-state index in [0.29, 0.717) is 0 Å². The summed E-state index contributed by atoms with van der Waals surface area (Å²) in [6.07, 6.45) is 0.860. The lowest BCUT2D eigenvalue weighted by Crippen LogP contribution is -1.99. The van der Waals surface area contributed by atoms with Crippen LogP contribution in [-0.4, -0.2) is 7.11 Å². The Hall–Kier alpha value is -0.510. The lowest BCUT2D eigenvalue weighted by Gasteiger charge is -2.15. The van der Waals surface area contributed by atoms with Gasteiger partial charge in [-0.2, -0.15) is 0 Å². The molecule has 0 spiro atoms. The molecule has 1 unspecified atom stereocenters. The lowest BCUT2D eigenvalue weighted by atomic mass is 10.0. The van der Waals surface area contributed by atoms with Gasteiger partial charge in [0.2, 0.25) is 0 Å². The highest BCUT2D eigenvalue weighted by atomic mass is 79.9. The summed E-state index contributed by atoms with van der Waals surface area (Å²) in [6, 6.07) is 14.0. The van der Waals surface area contributed by atoms with Gasteiger partial charge in [-0.3, -0.25) is 0 Å². The maximum atomic E-state index is 6.01. The molecule has 0 aliphatic carbocycles. The van der Waals surface area contributed by atoms with Crippen LogP contribution in [0.5, 0.6) is 5.75 Å². The number of rotatable bonds is 4. The second-order valence-corrected chi connectivity index (χ2v) is 6.65. The zero-order valence-corrected chi connectivity index (χ0v) is 14.3. The van der Waals surface area contributed by atoms with Crippen LogP contribution in [0.1, 0.15) is 16.0 Å². The number of halogens is 3. The highest BCUT2D eigenvalue weighted by Crippen LogP contribution is 2.35. The van der Waals surface area contributed by atoms with Gasteiger partial charge in [0.1, 0.15) is 5.75 Å². The van der Waals surface area contributed by atoms with Gasteiger partial charge in [0.15, 0.2) is 0 Å². The summed E-state index contributed by atoms with van der Waals surface area (Å²) in [7, 11) is 1.68. The van der Waals surface area contributed by atoms with Gasteiger partial charge in [0, 0.05) is 19.9 Å². The predicted octanol–water partition coefficient (Wildman–Crippen LogP) is 5.79. The first-order valence-electron chi connectivity index (χ1n) is 5.82. The standard InChI is InChI=1S/C15H13Br2ClO/c1-19-15-9-11(16)5-6-13(15)14(17)8-10-3-2-4-12(18)7-10/h2-7,9,14H,8H2,1H3. The van der Waals surface area contributed by atoms with Gasteiger partial charge in [0.05, 0.1) is 7.11 Å². The van der Waals surface area contributed by atoms with Crippen molar-refractivity contribution in [2.24, 2.45) is 0 Å². The van der Waals surface area contributed by atoms with E-state index >= 15 is 0 Å². The molecule has 0 N–H and O–H groups in total. The molecule has 0 amide bonds. The monoisotopic (exact) mass is 402 g/mol. The molecule has 2 aromatic carbocycles. The Bertz CT molecular complexity index is 572. The van der Waals surface area contributed by atoms with Crippen LogP contribution in [0.4, 0.5) is 0 Å². The first kappa shape index (κ1) is 14.9. The van der Waals surface area contributed by atoms with Crippen molar-refractivity contribution < 1.29 is 4.74 Å². The maximum Gasteiger partial charge on any atom is 0.124 e. The number of hydrogen-bond acceptors (Lipinski definition) is 1. The van der Waals surface area contributed by atoms with Crippen LogP contribution in [0.3, 0.4) is 0 Å². The topological polar surface area (TPSA) is 9.23 Å². The Balaban J connectivity index is 2.22. The largest absolute Gasteiger partial charge is 0.496 e. The van der Waals surface area contributed by atoms with Crippen LogP contribution >= 0.6 is 43.5 Å². The quantitative estimate of drug-likeness (QED) is 0.586. The molecule has 0 saturated carbocycles. The molecule has 100 valence electrons. The van der Waals surface area contributed by atoms with Crippen LogP contribution in [0, 0.1) is 0 Å². The van der Waals surface area contributed by atoms with Crippen molar-refractivity contribution in [2.45, 2.75) is 11.2 Å². The SMILES string of the molecule is COc1cc(Br)ccc1C(Br)Cc1cccc(Cl)c1. The van der Waals surface area contributed by atoms with Crippen LogP contribution in [0.15, 0.2) is 46.9 Å². The van der Waals surface area contributed by atoms with Crippen molar-refractivity contribution in [1.29, 1.82) is 0 Å². The third-order valence-electron chi connectivity index (χ3n) is 2.84. The smallest absolute Gasteiger partial charge is 0.124 e. The summed E-state index contributed by atoms with van der Waals surface area (Å²) < 4.78 is 6.43. The average Bonchev–Trinajstić information content (AvgIpc) is 2.38. The van der Waals surface area contributed by atoms with Crippen molar-refractivity contribution in [3.63, 3.8) is 0 Å². The third kappa shape index (κ3) is 3.98. The summed E-state index contributed by atoms with van der Waals surface area (Å²) in [4.78, 5) is 0.189. The Morgan fingerprint density at radius 1 is 1.21 bits per heavy atom. The Labute approximate surface area is 135 Å². The van der Waals surface area contributed by atoms with Crippen LogP contribution in [-0.2, 0) is 6.42 Å². The molecule has 0 saturated heterocycles. The molecular formula is C15H13Br2ClO. The molecule has 0 aliphatic rings. The van der Waals surface area contributed by atoms with E-state index in [-0.39, 0.29) is 4.83 Å². The van der Waals surface area contributed by atoms with Crippen molar-refractivity contribution in [3.8, 4) is 5.75 Å². The molecule has 0 bridgehead atoms. The highest BCUT2D eigenvalue weighted by molar-refractivity contribution is 9.10. The normalized spacial score (nSPS) is 12.2. The molecular weight excluding hydrogens is 391 g/mol. The minimum Gasteiger partial charge on any atom is -0.496 e. The molecule has 0 radical (unpaired) electrons. The fourth-order valence-electron chi connectivity index (χ4n) is 1.92. The minimum atomic E-state index is 0.189. The van der Waals surface area contributed by atoms with Gasteiger partial charge in [-0.15, -0.1) is 0 Å². The molecule has 19 heavy (non-hydrogen) atoms. The molecule has 4 heteroatoms. The summed E-state index contributed by atoms with van der Waals surface area (Å²) in [5.41, 5.74) is 2.32. The van der Waals surface area contributed by atoms with Gasteiger partial charge < -0.3 is 4.74 Å². The summed E-state index contributed by atoms with van der Waals surface area (Å²) >= 11 is 13.2. The van der Waals surface area contributed by atoms with Gasteiger partial charge in [-0.25, -0.2) is 0 Å². The molecule has 2 aromatic rings. The van der Waals surface area contributed by atoms with E-state index in [0.717, 1.165) is 27.2 Å². The zero-order chi connectivity index (χ0) is 13.8. The van der Waals surface area contributed by atoms with E-state index < -0.39 is 0 Å². The number of alkyl halides is 1. The third-order valence-corrected chi connectivity index (χ3v) is 4.38. The van der Waals surface area contributed by atoms with Gasteiger partial charge in [0.25, 0.3) is 0 Å². The van der Waals surface area contributed by atoms with Crippen LogP contribution in [0.2, 0.25) is 5.02 Å². The van der Waals surface area contributed by atoms with Crippen LogP contribution < -0.4 is 4.74 Å². The molecule has 0 heterocycles. The first-order chi connectivity index (χ1) is 9.10. The molecule has 0 aromatic heterocycles. The fourth-order valence-corrected chi connectivity index (χ4v) is 3.23. The van der Waals surface area contributed by atoms with Gasteiger partial charge >= 0.3 is 0 Å². The van der Waals surface area contributed by atoms with E-state index in [4.69, 9.17) is 16.3 Å². The summed E-state index contributed by atoms with van der Waals surface area (Å²) in [5.74, 6) is 0.873. The van der Waals surface area contributed by atoms with E-state index in [2.05, 4.69) is 44.0 Å². The summed E-state index contributed by atoms with van der Waals surface area (Å²) in [6.45, 7) is 0. The van der Waals surface area contributed by atoms with E-state index in [1.54, 1.807) is 7.11 Å². The Morgan fingerprint density at radius 3 is 2.68 bits per heavy atom. The van der Waals surface area contributed by atoms with Crippen LogP contribution in [0.25, 0.3) is 0 Å².